The van der Waals surface area contributed by atoms with Gasteiger partial charge in [-0.1, -0.05) is 29.8 Å². The molecule has 0 aromatic heterocycles. The van der Waals surface area contributed by atoms with Crippen molar-refractivity contribution in [2.24, 2.45) is 0 Å². The zero-order valence-corrected chi connectivity index (χ0v) is 15.8. The van der Waals surface area contributed by atoms with E-state index in [0.29, 0.717) is 31.1 Å². The highest BCUT2D eigenvalue weighted by Gasteiger charge is 2.23. The van der Waals surface area contributed by atoms with Gasteiger partial charge in [0.05, 0.1) is 0 Å². The predicted octanol–water partition coefficient (Wildman–Crippen LogP) is 2.51. The zero-order chi connectivity index (χ0) is 18.4. The number of nitrogens with zero attached hydrogens (tertiary/aromatic N) is 3. The number of hydrogen-bond donors (Lipinski definition) is 0. The average Bonchev–Trinajstić information content (AvgIpc) is 3.09. The summed E-state index contributed by atoms with van der Waals surface area (Å²) in [6.45, 7) is 5.64. The third-order valence-electron chi connectivity index (χ3n) is 5.10. The average molecular weight is 376 g/mol. The van der Waals surface area contributed by atoms with Crippen LogP contribution in [0.25, 0.3) is 6.08 Å². The number of carbonyl (C=O) groups is 2. The molecule has 2 saturated heterocycles. The first-order chi connectivity index (χ1) is 12.6. The van der Waals surface area contributed by atoms with Gasteiger partial charge >= 0.3 is 0 Å². The van der Waals surface area contributed by atoms with E-state index in [9.17, 15) is 9.59 Å². The summed E-state index contributed by atoms with van der Waals surface area (Å²) >= 11 is 6.11. The van der Waals surface area contributed by atoms with Crippen LogP contribution in [0.5, 0.6) is 0 Å². The van der Waals surface area contributed by atoms with Crippen molar-refractivity contribution in [3.05, 3.63) is 40.9 Å². The second-order valence-corrected chi connectivity index (χ2v) is 7.27. The molecule has 1 aromatic rings. The fourth-order valence-corrected chi connectivity index (χ4v) is 3.67. The maximum absolute atomic E-state index is 12.5. The maximum Gasteiger partial charge on any atom is 0.246 e. The topological polar surface area (TPSA) is 43.9 Å². The molecule has 0 aliphatic carbocycles. The number of amides is 2. The highest BCUT2D eigenvalue weighted by molar-refractivity contribution is 6.32. The molecular formula is C20H26ClN3O2. The van der Waals surface area contributed by atoms with Crippen molar-refractivity contribution in [3.63, 3.8) is 0 Å². The van der Waals surface area contributed by atoms with Crippen molar-refractivity contribution < 1.29 is 9.59 Å². The first kappa shape index (κ1) is 18.9. The largest absolute Gasteiger partial charge is 0.340 e. The summed E-state index contributed by atoms with van der Waals surface area (Å²) in [6.07, 6.45) is 6.20. The molecule has 2 heterocycles. The summed E-state index contributed by atoms with van der Waals surface area (Å²) < 4.78 is 0. The summed E-state index contributed by atoms with van der Waals surface area (Å²) in [5.74, 6) is 0.0775. The molecule has 0 N–H and O–H groups in total. The van der Waals surface area contributed by atoms with Crippen LogP contribution in [0.3, 0.4) is 0 Å². The molecular weight excluding hydrogens is 350 g/mol. The molecule has 3 rings (SSSR count). The molecule has 2 amide bonds. The molecule has 0 spiro atoms. The van der Waals surface area contributed by atoms with Crippen molar-refractivity contribution in [2.75, 3.05) is 45.8 Å². The van der Waals surface area contributed by atoms with Gasteiger partial charge in [0, 0.05) is 50.2 Å². The summed E-state index contributed by atoms with van der Waals surface area (Å²) in [4.78, 5) is 30.9. The van der Waals surface area contributed by atoms with E-state index in [2.05, 4.69) is 4.90 Å². The van der Waals surface area contributed by atoms with E-state index in [1.165, 1.54) is 12.8 Å². The minimum Gasteiger partial charge on any atom is -0.340 e. The van der Waals surface area contributed by atoms with Crippen molar-refractivity contribution in [1.82, 2.24) is 14.7 Å². The van der Waals surface area contributed by atoms with Gasteiger partial charge in [0.25, 0.3) is 0 Å². The molecule has 2 fully saturated rings. The van der Waals surface area contributed by atoms with Gasteiger partial charge in [-0.05, 0) is 43.6 Å². The number of carbonyl (C=O) groups excluding carboxylic acids is 2. The van der Waals surface area contributed by atoms with Crippen LogP contribution in [0.2, 0.25) is 5.02 Å². The Labute approximate surface area is 160 Å². The summed E-state index contributed by atoms with van der Waals surface area (Å²) in [5, 5.41) is 0.621. The second kappa shape index (κ2) is 9.19. The van der Waals surface area contributed by atoms with Crippen molar-refractivity contribution >= 4 is 29.5 Å². The molecule has 140 valence electrons. The van der Waals surface area contributed by atoms with E-state index >= 15 is 0 Å². The van der Waals surface area contributed by atoms with Gasteiger partial charge in [-0.3, -0.25) is 9.59 Å². The standard InChI is InChI=1S/C20H26ClN3O2/c21-18-6-2-1-5-17(18)7-8-19(25)23-12-9-20(26)24(16-15-23)14-13-22-10-3-4-11-22/h1-2,5-8H,3-4,9-16H2/b8-7+. The molecule has 2 aliphatic rings. The Morgan fingerprint density at radius 3 is 2.58 bits per heavy atom. The summed E-state index contributed by atoms with van der Waals surface area (Å²) in [6, 6.07) is 7.42. The normalized spacial score (nSPS) is 19.3. The fraction of sp³-hybridized carbons (Fsp3) is 0.500. The molecule has 2 aliphatic heterocycles. The molecule has 0 saturated carbocycles. The van der Waals surface area contributed by atoms with Gasteiger partial charge in [-0.25, -0.2) is 0 Å². The van der Waals surface area contributed by atoms with Crippen molar-refractivity contribution in [1.29, 1.82) is 0 Å². The van der Waals surface area contributed by atoms with E-state index in [1.54, 1.807) is 23.1 Å². The van der Waals surface area contributed by atoms with Crippen LogP contribution < -0.4 is 0 Å². The van der Waals surface area contributed by atoms with Gasteiger partial charge in [0.2, 0.25) is 11.8 Å². The van der Waals surface area contributed by atoms with Crippen LogP contribution in [0.4, 0.5) is 0 Å². The minimum absolute atomic E-state index is 0.0703. The SMILES string of the molecule is O=C(/C=C/c1ccccc1Cl)N1CCC(=O)N(CCN2CCCC2)CC1. The van der Waals surface area contributed by atoms with Gasteiger partial charge in [0.15, 0.2) is 0 Å². The third-order valence-corrected chi connectivity index (χ3v) is 5.44. The lowest BCUT2D eigenvalue weighted by molar-refractivity contribution is -0.130. The Morgan fingerprint density at radius 1 is 1.04 bits per heavy atom. The lowest BCUT2D eigenvalue weighted by Crippen LogP contribution is -2.39. The van der Waals surface area contributed by atoms with Crippen LogP contribution in [-0.2, 0) is 9.59 Å². The smallest absolute Gasteiger partial charge is 0.246 e. The first-order valence-electron chi connectivity index (χ1n) is 9.35. The highest BCUT2D eigenvalue weighted by Crippen LogP contribution is 2.16. The van der Waals surface area contributed by atoms with Crippen molar-refractivity contribution in [2.45, 2.75) is 19.3 Å². The van der Waals surface area contributed by atoms with Crippen molar-refractivity contribution in [3.8, 4) is 0 Å². The first-order valence-corrected chi connectivity index (χ1v) is 9.73. The minimum atomic E-state index is -0.0703. The van der Waals surface area contributed by atoms with E-state index in [0.717, 1.165) is 31.7 Å². The lowest BCUT2D eigenvalue weighted by atomic mass is 10.2. The molecule has 1 aromatic carbocycles. The van der Waals surface area contributed by atoms with Crippen LogP contribution in [0.1, 0.15) is 24.8 Å². The maximum atomic E-state index is 12.5. The molecule has 26 heavy (non-hydrogen) atoms. The zero-order valence-electron chi connectivity index (χ0n) is 15.1. The van der Waals surface area contributed by atoms with E-state index < -0.39 is 0 Å². The monoisotopic (exact) mass is 375 g/mol. The van der Waals surface area contributed by atoms with Gasteiger partial charge in [0.1, 0.15) is 0 Å². The molecule has 6 heteroatoms. The Kier molecular flexibility index (Phi) is 6.69. The Bertz CT molecular complexity index is 671. The highest BCUT2D eigenvalue weighted by atomic mass is 35.5. The summed E-state index contributed by atoms with van der Waals surface area (Å²) in [5.41, 5.74) is 0.820. The Balaban J connectivity index is 1.52. The summed E-state index contributed by atoms with van der Waals surface area (Å²) in [7, 11) is 0. The third kappa shape index (κ3) is 5.08. The van der Waals surface area contributed by atoms with Crippen LogP contribution in [-0.4, -0.2) is 72.3 Å². The number of halogens is 1. The Morgan fingerprint density at radius 2 is 1.81 bits per heavy atom. The van der Waals surface area contributed by atoms with Crippen LogP contribution >= 0.6 is 11.6 Å². The fourth-order valence-electron chi connectivity index (χ4n) is 3.47. The van der Waals surface area contributed by atoms with Gasteiger partial charge in [-0.2, -0.15) is 0 Å². The second-order valence-electron chi connectivity index (χ2n) is 6.86. The quantitative estimate of drug-likeness (QED) is 0.743. The Hall–Kier alpha value is -1.85. The number of benzene rings is 1. The van der Waals surface area contributed by atoms with Crippen LogP contribution in [0, 0.1) is 0 Å². The molecule has 5 nitrogen and oxygen atoms in total. The molecule has 0 radical (unpaired) electrons. The van der Waals surface area contributed by atoms with E-state index in [1.807, 2.05) is 23.1 Å². The van der Waals surface area contributed by atoms with Gasteiger partial charge < -0.3 is 14.7 Å². The van der Waals surface area contributed by atoms with Crippen LogP contribution in [0.15, 0.2) is 30.3 Å². The predicted molar refractivity (Wildman–Crippen MR) is 104 cm³/mol. The van der Waals surface area contributed by atoms with E-state index in [-0.39, 0.29) is 11.8 Å². The molecule has 0 atom stereocenters. The molecule has 0 bridgehead atoms. The number of hydrogen-bond acceptors (Lipinski definition) is 3. The number of likely N-dealkylation sites (tertiary alicyclic amines) is 1. The van der Waals surface area contributed by atoms with Gasteiger partial charge in [-0.15, -0.1) is 0 Å². The number of rotatable bonds is 5. The molecule has 0 unspecified atom stereocenters. The van der Waals surface area contributed by atoms with E-state index in [4.69, 9.17) is 11.6 Å². The lowest BCUT2D eigenvalue weighted by Gasteiger charge is -2.24.